The summed E-state index contributed by atoms with van der Waals surface area (Å²) in [6.07, 6.45) is 7.58. The van der Waals surface area contributed by atoms with Gasteiger partial charge in [0, 0.05) is 35.8 Å². The van der Waals surface area contributed by atoms with Gasteiger partial charge in [-0.3, -0.25) is 15.1 Å². The van der Waals surface area contributed by atoms with Gasteiger partial charge in [0.2, 0.25) is 0 Å². The van der Waals surface area contributed by atoms with E-state index in [-0.39, 0.29) is 11.9 Å². The molecule has 24 heavy (non-hydrogen) atoms. The number of fused-ring (bicyclic) bond motifs is 3. The van der Waals surface area contributed by atoms with E-state index in [2.05, 4.69) is 20.6 Å². The summed E-state index contributed by atoms with van der Waals surface area (Å²) in [5, 5.41) is 5.49. The van der Waals surface area contributed by atoms with Crippen LogP contribution in [0.3, 0.4) is 0 Å². The fraction of sp³-hybridized carbons (Fsp3) is 0.294. The standard InChI is InChI=1S/C17H17N5O2/c23-16-11-4-3-5-12(15(11)13-6-1-2-9-22(13)16)20-17(24)21-14-10-18-7-8-19-14/h3-5,7-8,10,13H,1-2,6,9H2,(H2,19,20,21,24). The van der Waals surface area contributed by atoms with Crippen molar-refractivity contribution in [2.24, 2.45) is 0 Å². The van der Waals surface area contributed by atoms with E-state index in [0.717, 1.165) is 31.4 Å². The lowest BCUT2D eigenvalue weighted by atomic mass is 9.96. The number of anilines is 2. The van der Waals surface area contributed by atoms with E-state index in [0.29, 0.717) is 17.1 Å². The van der Waals surface area contributed by atoms with Crippen LogP contribution in [-0.2, 0) is 0 Å². The maximum Gasteiger partial charge on any atom is 0.324 e. The molecule has 2 N–H and O–H groups in total. The predicted molar refractivity (Wildman–Crippen MR) is 88.7 cm³/mol. The highest BCUT2D eigenvalue weighted by atomic mass is 16.2. The first-order chi connectivity index (χ1) is 11.7. The molecular weight excluding hydrogens is 306 g/mol. The van der Waals surface area contributed by atoms with Gasteiger partial charge in [-0.25, -0.2) is 9.78 Å². The van der Waals surface area contributed by atoms with Gasteiger partial charge in [0.25, 0.3) is 5.91 Å². The van der Waals surface area contributed by atoms with Gasteiger partial charge in [0.1, 0.15) is 0 Å². The van der Waals surface area contributed by atoms with Crippen molar-refractivity contribution >= 4 is 23.4 Å². The molecule has 7 heteroatoms. The highest BCUT2D eigenvalue weighted by Gasteiger charge is 2.39. The molecule has 1 unspecified atom stereocenters. The minimum Gasteiger partial charge on any atom is -0.331 e. The Morgan fingerprint density at radius 1 is 1.21 bits per heavy atom. The van der Waals surface area contributed by atoms with Crippen molar-refractivity contribution in [2.45, 2.75) is 25.3 Å². The Morgan fingerprint density at radius 3 is 2.96 bits per heavy atom. The highest BCUT2D eigenvalue weighted by Crippen LogP contribution is 2.43. The van der Waals surface area contributed by atoms with Crippen molar-refractivity contribution in [1.82, 2.24) is 14.9 Å². The van der Waals surface area contributed by atoms with E-state index in [4.69, 9.17) is 0 Å². The summed E-state index contributed by atoms with van der Waals surface area (Å²) in [5.41, 5.74) is 2.30. The topological polar surface area (TPSA) is 87.2 Å². The largest absolute Gasteiger partial charge is 0.331 e. The summed E-state index contributed by atoms with van der Waals surface area (Å²) < 4.78 is 0. The number of carbonyl (C=O) groups is 2. The number of nitrogens with one attached hydrogen (secondary N) is 2. The zero-order valence-electron chi connectivity index (χ0n) is 13.0. The van der Waals surface area contributed by atoms with Crippen LogP contribution in [0.4, 0.5) is 16.3 Å². The third-order valence-electron chi connectivity index (χ3n) is 4.49. The van der Waals surface area contributed by atoms with Crippen molar-refractivity contribution in [3.05, 3.63) is 47.9 Å². The normalized spacial score (nSPS) is 18.8. The second-order valence-corrected chi connectivity index (χ2v) is 5.95. The molecule has 0 bridgehead atoms. The first kappa shape index (κ1) is 14.6. The second kappa shape index (κ2) is 5.92. The molecule has 1 aromatic carbocycles. The van der Waals surface area contributed by atoms with E-state index in [1.165, 1.54) is 18.6 Å². The molecule has 0 radical (unpaired) electrons. The molecule has 1 aromatic heterocycles. The van der Waals surface area contributed by atoms with Crippen LogP contribution >= 0.6 is 0 Å². The molecule has 3 amide bonds. The van der Waals surface area contributed by atoms with Gasteiger partial charge in [0.15, 0.2) is 5.82 Å². The van der Waals surface area contributed by atoms with Crippen LogP contribution in [0, 0.1) is 0 Å². The van der Waals surface area contributed by atoms with Crippen molar-refractivity contribution in [1.29, 1.82) is 0 Å². The quantitative estimate of drug-likeness (QED) is 0.889. The van der Waals surface area contributed by atoms with Crippen molar-refractivity contribution in [3.8, 4) is 0 Å². The first-order valence-corrected chi connectivity index (χ1v) is 8.02. The van der Waals surface area contributed by atoms with Gasteiger partial charge >= 0.3 is 6.03 Å². The third kappa shape index (κ3) is 2.47. The van der Waals surface area contributed by atoms with Gasteiger partial charge in [-0.1, -0.05) is 6.07 Å². The predicted octanol–water partition coefficient (Wildman–Crippen LogP) is 2.80. The van der Waals surface area contributed by atoms with Crippen molar-refractivity contribution in [3.63, 3.8) is 0 Å². The molecule has 0 aliphatic carbocycles. The lowest BCUT2D eigenvalue weighted by molar-refractivity contribution is 0.0672. The number of hydrogen-bond acceptors (Lipinski definition) is 4. The fourth-order valence-electron chi connectivity index (χ4n) is 3.48. The van der Waals surface area contributed by atoms with E-state index >= 15 is 0 Å². The molecule has 122 valence electrons. The minimum atomic E-state index is -0.398. The average Bonchev–Trinajstić information content (AvgIpc) is 2.90. The van der Waals surface area contributed by atoms with Crippen LogP contribution in [0.1, 0.15) is 41.2 Å². The number of amides is 3. The Labute approximate surface area is 139 Å². The number of benzene rings is 1. The minimum absolute atomic E-state index is 0.0627. The Hall–Kier alpha value is -2.96. The van der Waals surface area contributed by atoms with E-state index in [9.17, 15) is 9.59 Å². The molecule has 0 saturated carbocycles. The second-order valence-electron chi connectivity index (χ2n) is 5.95. The van der Waals surface area contributed by atoms with Crippen LogP contribution in [0.2, 0.25) is 0 Å². The van der Waals surface area contributed by atoms with Crippen LogP contribution < -0.4 is 10.6 Å². The Morgan fingerprint density at radius 2 is 2.12 bits per heavy atom. The first-order valence-electron chi connectivity index (χ1n) is 8.02. The molecule has 1 saturated heterocycles. The molecule has 0 spiro atoms. The molecule has 1 fully saturated rings. The number of piperidine rings is 1. The molecule has 7 nitrogen and oxygen atoms in total. The monoisotopic (exact) mass is 323 g/mol. The molecule has 2 aromatic rings. The Bertz CT molecular complexity index is 793. The van der Waals surface area contributed by atoms with Crippen LogP contribution in [-0.4, -0.2) is 33.4 Å². The zero-order valence-corrected chi connectivity index (χ0v) is 13.0. The fourth-order valence-corrected chi connectivity index (χ4v) is 3.48. The number of aromatic nitrogens is 2. The zero-order chi connectivity index (χ0) is 16.5. The number of rotatable bonds is 2. The maximum absolute atomic E-state index is 12.5. The SMILES string of the molecule is O=C(Nc1cnccn1)Nc1cccc2c1C1CCCCN1C2=O. The maximum atomic E-state index is 12.5. The van der Waals surface area contributed by atoms with Gasteiger partial charge in [-0.15, -0.1) is 0 Å². The van der Waals surface area contributed by atoms with Gasteiger partial charge in [-0.2, -0.15) is 0 Å². The third-order valence-corrected chi connectivity index (χ3v) is 4.49. The Kier molecular flexibility index (Phi) is 3.60. The van der Waals surface area contributed by atoms with Gasteiger partial charge in [0.05, 0.1) is 12.2 Å². The molecule has 1 atom stereocenters. The van der Waals surface area contributed by atoms with Crippen LogP contribution in [0.25, 0.3) is 0 Å². The number of hydrogen-bond donors (Lipinski definition) is 2. The van der Waals surface area contributed by atoms with Crippen molar-refractivity contribution < 1.29 is 9.59 Å². The number of carbonyl (C=O) groups excluding carboxylic acids is 2. The molecule has 3 heterocycles. The van der Waals surface area contributed by atoms with Crippen LogP contribution in [0.5, 0.6) is 0 Å². The summed E-state index contributed by atoms with van der Waals surface area (Å²) in [6.45, 7) is 0.781. The summed E-state index contributed by atoms with van der Waals surface area (Å²) in [4.78, 5) is 34.6. The van der Waals surface area contributed by atoms with E-state index in [1.807, 2.05) is 17.0 Å². The Balaban J connectivity index is 1.59. The molecular formula is C17H17N5O2. The number of urea groups is 1. The van der Waals surface area contributed by atoms with Crippen molar-refractivity contribution in [2.75, 3.05) is 17.2 Å². The van der Waals surface area contributed by atoms with Crippen LogP contribution in [0.15, 0.2) is 36.8 Å². The van der Waals surface area contributed by atoms with Gasteiger partial charge in [-0.05, 0) is 31.4 Å². The summed E-state index contributed by atoms with van der Waals surface area (Å²) in [5.74, 6) is 0.436. The molecule has 4 rings (SSSR count). The highest BCUT2D eigenvalue weighted by molar-refractivity contribution is 6.04. The number of nitrogens with zero attached hydrogens (tertiary/aromatic N) is 3. The lowest BCUT2D eigenvalue weighted by Crippen LogP contribution is -2.32. The molecule has 2 aliphatic rings. The molecule has 2 aliphatic heterocycles. The van der Waals surface area contributed by atoms with E-state index in [1.54, 1.807) is 6.07 Å². The van der Waals surface area contributed by atoms with Gasteiger partial charge < -0.3 is 10.2 Å². The van der Waals surface area contributed by atoms with E-state index < -0.39 is 6.03 Å². The smallest absolute Gasteiger partial charge is 0.324 e. The average molecular weight is 323 g/mol. The summed E-state index contributed by atoms with van der Waals surface area (Å²) in [7, 11) is 0. The summed E-state index contributed by atoms with van der Waals surface area (Å²) >= 11 is 0. The lowest BCUT2D eigenvalue weighted by Gasteiger charge is -2.30. The summed E-state index contributed by atoms with van der Waals surface area (Å²) in [6, 6.07) is 5.13.